The van der Waals surface area contributed by atoms with Crippen molar-refractivity contribution in [1.29, 1.82) is 0 Å². The number of rotatable bonds is 8. The summed E-state index contributed by atoms with van der Waals surface area (Å²) in [6.45, 7) is 3.67. The van der Waals surface area contributed by atoms with Crippen LogP contribution in [0.3, 0.4) is 0 Å². The van der Waals surface area contributed by atoms with Crippen molar-refractivity contribution in [1.82, 2.24) is 5.32 Å². The van der Waals surface area contributed by atoms with Crippen molar-refractivity contribution < 1.29 is 19.1 Å². The highest BCUT2D eigenvalue weighted by Crippen LogP contribution is 1.98. The standard InChI is InChI=1S/C11H19NO4/c1-8(16-4)5-12-6-10(9(2)13)11(14)7-15-3/h6,8,12H,5,7H2,1-4H3/b10-6+. The molecule has 0 saturated heterocycles. The van der Waals surface area contributed by atoms with Gasteiger partial charge in [0.1, 0.15) is 6.61 Å². The quantitative estimate of drug-likeness (QED) is 0.368. The van der Waals surface area contributed by atoms with Crippen molar-refractivity contribution in [3.8, 4) is 0 Å². The van der Waals surface area contributed by atoms with Crippen LogP contribution in [-0.2, 0) is 19.1 Å². The number of nitrogens with one attached hydrogen (secondary N) is 1. The van der Waals surface area contributed by atoms with Crippen molar-refractivity contribution >= 4 is 11.6 Å². The second-order valence-electron chi connectivity index (χ2n) is 3.42. The number of hydrogen-bond donors (Lipinski definition) is 1. The van der Waals surface area contributed by atoms with Gasteiger partial charge in [0.25, 0.3) is 0 Å². The first-order valence-electron chi connectivity index (χ1n) is 5.02. The number of carbonyl (C=O) groups is 2. The molecule has 1 atom stereocenters. The second kappa shape index (κ2) is 8.01. The van der Waals surface area contributed by atoms with E-state index in [-0.39, 0.29) is 29.9 Å². The minimum absolute atomic E-state index is 0.0157. The molecule has 5 heteroatoms. The Labute approximate surface area is 95.8 Å². The molecule has 1 N–H and O–H groups in total. The highest BCUT2D eigenvalue weighted by molar-refractivity contribution is 6.19. The van der Waals surface area contributed by atoms with Gasteiger partial charge in [-0.1, -0.05) is 0 Å². The zero-order valence-corrected chi connectivity index (χ0v) is 10.2. The minimum Gasteiger partial charge on any atom is -0.388 e. The summed E-state index contributed by atoms with van der Waals surface area (Å²) in [4.78, 5) is 22.6. The molecule has 0 amide bonds. The molecule has 16 heavy (non-hydrogen) atoms. The first-order valence-corrected chi connectivity index (χ1v) is 5.02. The molecule has 0 fully saturated rings. The lowest BCUT2D eigenvalue weighted by atomic mass is 10.1. The normalized spacial score (nSPS) is 13.4. The van der Waals surface area contributed by atoms with Crippen LogP contribution in [0.2, 0.25) is 0 Å². The summed E-state index contributed by atoms with van der Waals surface area (Å²) < 4.78 is 9.70. The van der Waals surface area contributed by atoms with E-state index >= 15 is 0 Å². The van der Waals surface area contributed by atoms with Crippen LogP contribution in [0.25, 0.3) is 0 Å². The third-order valence-corrected chi connectivity index (χ3v) is 2.01. The van der Waals surface area contributed by atoms with Crippen molar-refractivity contribution in [2.45, 2.75) is 20.0 Å². The van der Waals surface area contributed by atoms with Gasteiger partial charge in [-0.15, -0.1) is 0 Å². The predicted octanol–water partition coefficient (Wildman–Crippen LogP) is 0.299. The van der Waals surface area contributed by atoms with Gasteiger partial charge < -0.3 is 14.8 Å². The van der Waals surface area contributed by atoms with Crippen LogP contribution in [0.4, 0.5) is 0 Å². The van der Waals surface area contributed by atoms with Crippen molar-refractivity contribution in [2.24, 2.45) is 0 Å². The second-order valence-corrected chi connectivity index (χ2v) is 3.42. The number of ether oxygens (including phenoxy) is 2. The maximum absolute atomic E-state index is 11.4. The fourth-order valence-corrected chi connectivity index (χ4v) is 0.998. The number of hydrogen-bond acceptors (Lipinski definition) is 5. The largest absolute Gasteiger partial charge is 0.388 e. The lowest BCUT2D eigenvalue weighted by Gasteiger charge is -2.09. The Hall–Kier alpha value is -1.20. The van der Waals surface area contributed by atoms with Crippen LogP contribution in [0.15, 0.2) is 11.8 Å². The Morgan fingerprint density at radius 3 is 2.44 bits per heavy atom. The molecule has 92 valence electrons. The number of methoxy groups -OCH3 is 2. The summed E-state index contributed by atoms with van der Waals surface area (Å²) >= 11 is 0. The molecule has 0 rings (SSSR count). The molecular weight excluding hydrogens is 210 g/mol. The van der Waals surface area contributed by atoms with E-state index < -0.39 is 0 Å². The minimum atomic E-state index is -0.326. The van der Waals surface area contributed by atoms with E-state index in [1.54, 1.807) is 7.11 Å². The van der Waals surface area contributed by atoms with Crippen LogP contribution < -0.4 is 5.32 Å². The Morgan fingerprint density at radius 1 is 1.38 bits per heavy atom. The van der Waals surface area contributed by atoms with E-state index in [9.17, 15) is 9.59 Å². The molecule has 0 aromatic rings. The zero-order chi connectivity index (χ0) is 12.6. The van der Waals surface area contributed by atoms with Gasteiger partial charge in [-0.3, -0.25) is 9.59 Å². The van der Waals surface area contributed by atoms with Crippen LogP contribution >= 0.6 is 0 Å². The van der Waals surface area contributed by atoms with Crippen LogP contribution in [0, 0.1) is 0 Å². The van der Waals surface area contributed by atoms with Crippen molar-refractivity contribution in [3.05, 3.63) is 11.8 Å². The molecule has 0 radical (unpaired) electrons. The van der Waals surface area contributed by atoms with Gasteiger partial charge in [0.2, 0.25) is 0 Å². The van der Waals surface area contributed by atoms with Crippen molar-refractivity contribution in [2.75, 3.05) is 27.4 Å². The molecular formula is C11H19NO4. The van der Waals surface area contributed by atoms with Gasteiger partial charge in [-0.2, -0.15) is 0 Å². The fourth-order valence-electron chi connectivity index (χ4n) is 0.998. The number of Topliss-reactive ketones (excluding diaryl/α,β-unsaturated/α-hetero) is 2. The molecule has 5 nitrogen and oxygen atoms in total. The van der Waals surface area contributed by atoms with Crippen LogP contribution in [0.1, 0.15) is 13.8 Å². The average Bonchev–Trinajstić information content (AvgIpc) is 2.23. The smallest absolute Gasteiger partial charge is 0.193 e. The molecule has 0 aliphatic carbocycles. The van der Waals surface area contributed by atoms with Gasteiger partial charge in [0.05, 0.1) is 11.7 Å². The predicted molar refractivity (Wildman–Crippen MR) is 60.1 cm³/mol. The van der Waals surface area contributed by atoms with E-state index in [0.717, 1.165) is 0 Å². The third-order valence-electron chi connectivity index (χ3n) is 2.01. The van der Waals surface area contributed by atoms with Gasteiger partial charge in [0, 0.05) is 27.0 Å². The average molecular weight is 229 g/mol. The van der Waals surface area contributed by atoms with Crippen LogP contribution in [0.5, 0.6) is 0 Å². The molecule has 0 aromatic carbocycles. The Kier molecular flexibility index (Phi) is 7.41. The maximum Gasteiger partial charge on any atom is 0.193 e. The molecule has 0 aromatic heterocycles. The molecule has 0 aliphatic heterocycles. The molecule has 0 spiro atoms. The van der Waals surface area contributed by atoms with E-state index in [0.29, 0.717) is 6.54 Å². The van der Waals surface area contributed by atoms with E-state index in [1.807, 2.05) is 6.92 Å². The summed E-state index contributed by atoms with van der Waals surface area (Å²) in [5, 5.41) is 2.87. The Balaban J connectivity index is 4.36. The lowest BCUT2D eigenvalue weighted by Crippen LogP contribution is -2.24. The summed E-state index contributed by atoms with van der Waals surface area (Å²) in [5.74, 6) is -0.604. The molecule has 0 heterocycles. The maximum atomic E-state index is 11.4. The topological polar surface area (TPSA) is 64.6 Å². The highest BCUT2D eigenvalue weighted by atomic mass is 16.5. The fraction of sp³-hybridized carbons (Fsp3) is 0.636. The summed E-state index contributed by atoms with van der Waals surface area (Å²) in [6, 6.07) is 0. The van der Waals surface area contributed by atoms with E-state index in [2.05, 4.69) is 10.1 Å². The third kappa shape index (κ3) is 5.63. The van der Waals surface area contributed by atoms with Crippen LogP contribution in [-0.4, -0.2) is 45.0 Å². The Morgan fingerprint density at radius 2 is 2.00 bits per heavy atom. The van der Waals surface area contributed by atoms with Gasteiger partial charge >= 0.3 is 0 Å². The molecule has 0 aliphatic rings. The summed E-state index contributed by atoms with van der Waals surface area (Å²) in [5.41, 5.74) is 0.116. The zero-order valence-electron chi connectivity index (χ0n) is 10.2. The molecule has 1 unspecified atom stereocenters. The van der Waals surface area contributed by atoms with Gasteiger partial charge in [-0.05, 0) is 13.8 Å². The van der Waals surface area contributed by atoms with Gasteiger partial charge in [0.15, 0.2) is 11.6 Å². The molecule has 0 saturated carbocycles. The van der Waals surface area contributed by atoms with Gasteiger partial charge in [-0.25, -0.2) is 0 Å². The Bertz CT molecular complexity index is 273. The van der Waals surface area contributed by atoms with Crippen molar-refractivity contribution in [3.63, 3.8) is 0 Å². The molecule has 0 bridgehead atoms. The van der Waals surface area contributed by atoms with E-state index in [4.69, 9.17) is 4.74 Å². The summed E-state index contributed by atoms with van der Waals surface area (Å²) in [6.07, 6.45) is 1.43. The monoisotopic (exact) mass is 229 g/mol. The number of ketones is 2. The first-order chi connectivity index (χ1) is 7.52. The first kappa shape index (κ1) is 14.8. The summed E-state index contributed by atoms with van der Waals surface area (Å²) in [7, 11) is 3.01. The SMILES string of the molecule is COCC(=O)/C(=C/NCC(C)OC)C(C)=O. The lowest BCUT2D eigenvalue weighted by molar-refractivity contribution is -0.122. The number of carbonyl (C=O) groups excluding carboxylic acids is 2. The van der Waals surface area contributed by atoms with E-state index in [1.165, 1.54) is 20.2 Å². The highest BCUT2D eigenvalue weighted by Gasteiger charge is 2.13.